The van der Waals surface area contributed by atoms with Crippen molar-refractivity contribution in [1.82, 2.24) is 0 Å². The van der Waals surface area contributed by atoms with E-state index in [2.05, 4.69) is 18.8 Å². The average Bonchev–Trinajstić information content (AvgIpc) is 3.24. The lowest BCUT2D eigenvalue weighted by atomic mass is 9.44. The van der Waals surface area contributed by atoms with Crippen LogP contribution in [0.3, 0.4) is 0 Å². The second kappa shape index (κ2) is 9.27. The van der Waals surface area contributed by atoms with Crippen LogP contribution in [0.15, 0.2) is 0 Å². The van der Waals surface area contributed by atoms with Gasteiger partial charge in [0.2, 0.25) is 0 Å². The summed E-state index contributed by atoms with van der Waals surface area (Å²) in [6, 6.07) is 0. The molecule has 1 saturated heterocycles. The maximum Gasteiger partial charge on any atom is 0.174 e. The van der Waals surface area contributed by atoms with E-state index in [4.69, 9.17) is 9.47 Å². The highest BCUT2D eigenvalue weighted by atomic mass is 16.7. The molecular weight excluding hydrogens is 364 g/mol. The molecule has 4 heteroatoms. The minimum Gasteiger partial charge on any atom is -0.392 e. The standard InChI is InChI=1S/C25H40O4/c1-2-3-4-8-14-24-15-13-23(27)20(21(24)18-25(24)28-16-17-29-25)11-12-22(26)19-9-6-5-7-10-19/h19-23,26-27H,2-10,13-18H2,1H3/t20-,21-,22+,23-,24+/m0/s1. The Morgan fingerprint density at radius 1 is 1.03 bits per heavy atom. The minimum absolute atomic E-state index is 0.00832. The Morgan fingerprint density at radius 3 is 2.52 bits per heavy atom. The van der Waals surface area contributed by atoms with Crippen LogP contribution in [0.2, 0.25) is 0 Å². The molecule has 0 aromatic heterocycles. The summed E-state index contributed by atoms with van der Waals surface area (Å²) < 4.78 is 12.4. The predicted molar refractivity (Wildman–Crippen MR) is 113 cm³/mol. The van der Waals surface area contributed by atoms with Gasteiger partial charge in [-0.1, -0.05) is 63.7 Å². The van der Waals surface area contributed by atoms with E-state index >= 15 is 0 Å². The second-order valence-corrected chi connectivity index (χ2v) is 9.99. The van der Waals surface area contributed by atoms with E-state index in [-0.39, 0.29) is 11.3 Å². The van der Waals surface area contributed by atoms with Gasteiger partial charge in [-0.15, -0.1) is 0 Å². The molecule has 2 N–H and O–H groups in total. The second-order valence-electron chi connectivity index (χ2n) is 9.99. The molecule has 164 valence electrons. The van der Waals surface area contributed by atoms with Gasteiger partial charge in [0.1, 0.15) is 6.10 Å². The molecule has 0 bridgehead atoms. The first-order valence-corrected chi connectivity index (χ1v) is 12.3. The van der Waals surface area contributed by atoms with E-state index in [9.17, 15) is 10.2 Å². The first-order valence-electron chi connectivity index (χ1n) is 12.3. The van der Waals surface area contributed by atoms with Crippen molar-refractivity contribution in [3.05, 3.63) is 0 Å². The summed E-state index contributed by atoms with van der Waals surface area (Å²) >= 11 is 0. The molecule has 29 heavy (non-hydrogen) atoms. The lowest BCUT2D eigenvalue weighted by Gasteiger charge is -2.65. The van der Waals surface area contributed by atoms with E-state index in [1.54, 1.807) is 0 Å². The van der Waals surface area contributed by atoms with Crippen LogP contribution >= 0.6 is 0 Å². The van der Waals surface area contributed by atoms with E-state index < -0.39 is 18.0 Å². The molecular formula is C25H40O4. The maximum absolute atomic E-state index is 10.8. The fraction of sp³-hybridized carbons (Fsp3) is 0.920. The number of aliphatic hydroxyl groups excluding tert-OH is 2. The van der Waals surface area contributed by atoms with Crippen LogP contribution in [-0.2, 0) is 9.47 Å². The number of aliphatic hydroxyl groups is 2. The summed E-state index contributed by atoms with van der Waals surface area (Å²) in [4.78, 5) is 0. The van der Waals surface area contributed by atoms with Crippen LogP contribution in [0.5, 0.6) is 0 Å². The number of hydrogen-bond donors (Lipinski definition) is 2. The third kappa shape index (κ3) is 4.01. The van der Waals surface area contributed by atoms with Gasteiger partial charge in [-0.3, -0.25) is 0 Å². The molecule has 1 heterocycles. The van der Waals surface area contributed by atoms with Gasteiger partial charge in [0, 0.05) is 11.8 Å². The smallest absolute Gasteiger partial charge is 0.174 e. The summed E-state index contributed by atoms with van der Waals surface area (Å²) in [6.07, 6.45) is 13.5. The zero-order valence-electron chi connectivity index (χ0n) is 18.2. The van der Waals surface area contributed by atoms with Gasteiger partial charge in [-0.05, 0) is 43.9 Å². The topological polar surface area (TPSA) is 58.9 Å². The monoisotopic (exact) mass is 404 g/mol. The van der Waals surface area contributed by atoms with Crippen LogP contribution in [0, 0.1) is 35.0 Å². The van der Waals surface area contributed by atoms with E-state index in [1.807, 2.05) is 0 Å². The Bertz CT molecular complexity index is 596. The van der Waals surface area contributed by atoms with E-state index in [0.717, 1.165) is 38.5 Å². The van der Waals surface area contributed by atoms with Crippen molar-refractivity contribution in [1.29, 1.82) is 0 Å². The fourth-order valence-corrected chi connectivity index (χ4v) is 6.71. The van der Waals surface area contributed by atoms with Gasteiger partial charge in [0.15, 0.2) is 5.79 Å². The highest BCUT2D eigenvalue weighted by molar-refractivity contribution is 5.23. The zero-order chi connectivity index (χ0) is 20.3. The Kier molecular flexibility index (Phi) is 6.91. The van der Waals surface area contributed by atoms with Gasteiger partial charge in [-0.25, -0.2) is 0 Å². The van der Waals surface area contributed by atoms with Crippen molar-refractivity contribution in [3.63, 3.8) is 0 Å². The average molecular weight is 405 g/mol. The molecule has 3 aliphatic carbocycles. The number of hydrogen-bond acceptors (Lipinski definition) is 4. The number of fused-ring (bicyclic) bond motifs is 2. The summed E-state index contributed by atoms with van der Waals surface area (Å²) in [5.41, 5.74) is -0.00832. The van der Waals surface area contributed by atoms with Crippen molar-refractivity contribution in [2.45, 2.75) is 108 Å². The van der Waals surface area contributed by atoms with Crippen molar-refractivity contribution in [2.24, 2.45) is 23.2 Å². The first-order chi connectivity index (χ1) is 14.1. The Morgan fingerprint density at radius 2 is 1.79 bits per heavy atom. The Hall–Kier alpha value is -0.600. The van der Waals surface area contributed by atoms with Crippen molar-refractivity contribution < 1.29 is 19.7 Å². The van der Waals surface area contributed by atoms with Crippen molar-refractivity contribution >= 4 is 0 Å². The predicted octanol–water partition coefficient (Wildman–Crippen LogP) is 4.42. The summed E-state index contributed by atoms with van der Waals surface area (Å²) in [6.45, 7) is 3.61. The molecule has 4 fully saturated rings. The van der Waals surface area contributed by atoms with Gasteiger partial charge in [-0.2, -0.15) is 0 Å². The largest absolute Gasteiger partial charge is 0.392 e. The van der Waals surface area contributed by atoms with E-state index in [0.29, 0.717) is 25.0 Å². The lowest BCUT2D eigenvalue weighted by Crippen LogP contribution is -2.69. The molecule has 1 aliphatic heterocycles. The highest BCUT2D eigenvalue weighted by Crippen LogP contribution is 2.68. The van der Waals surface area contributed by atoms with E-state index in [1.165, 1.54) is 44.9 Å². The third-order valence-electron chi connectivity index (χ3n) is 8.42. The summed E-state index contributed by atoms with van der Waals surface area (Å²) in [5, 5.41) is 21.4. The highest BCUT2D eigenvalue weighted by Gasteiger charge is 2.71. The maximum atomic E-state index is 10.8. The molecule has 0 aromatic carbocycles. The Balaban J connectivity index is 1.49. The van der Waals surface area contributed by atoms with Crippen LogP contribution in [0.1, 0.15) is 90.4 Å². The summed E-state index contributed by atoms with van der Waals surface area (Å²) in [7, 11) is 0. The normalized spacial score (nSPS) is 37.4. The Labute approximate surface area is 176 Å². The van der Waals surface area contributed by atoms with Crippen molar-refractivity contribution in [3.8, 4) is 11.8 Å². The first kappa shape index (κ1) is 21.6. The number of unbranched alkanes of at least 4 members (excludes halogenated alkanes) is 3. The number of rotatable bonds is 6. The van der Waals surface area contributed by atoms with Crippen LogP contribution in [0.4, 0.5) is 0 Å². The molecule has 0 radical (unpaired) electrons. The molecule has 0 amide bonds. The van der Waals surface area contributed by atoms with Crippen molar-refractivity contribution in [2.75, 3.05) is 13.2 Å². The molecule has 5 atom stereocenters. The third-order valence-corrected chi connectivity index (χ3v) is 8.42. The van der Waals surface area contributed by atoms with Crippen LogP contribution in [0.25, 0.3) is 0 Å². The lowest BCUT2D eigenvalue weighted by molar-refractivity contribution is -0.353. The molecule has 4 aliphatic rings. The van der Waals surface area contributed by atoms with Gasteiger partial charge in [0.05, 0.1) is 25.2 Å². The molecule has 3 saturated carbocycles. The SMILES string of the molecule is CCCCCC[C@@]12CC[C@H](O)[C@@H](C#C[C@@H](O)C3CCCCC3)[C@@H]1CC21OCCO1. The minimum atomic E-state index is -0.545. The quantitative estimate of drug-likeness (QED) is 0.508. The van der Waals surface area contributed by atoms with Gasteiger partial charge in [0.25, 0.3) is 0 Å². The van der Waals surface area contributed by atoms with Crippen LogP contribution < -0.4 is 0 Å². The fourth-order valence-electron chi connectivity index (χ4n) is 6.71. The van der Waals surface area contributed by atoms with Gasteiger partial charge < -0.3 is 19.7 Å². The molecule has 0 aromatic rings. The van der Waals surface area contributed by atoms with Gasteiger partial charge >= 0.3 is 0 Å². The zero-order valence-corrected chi connectivity index (χ0v) is 18.2. The molecule has 4 nitrogen and oxygen atoms in total. The molecule has 0 unspecified atom stereocenters. The summed E-state index contributed by atoms with van der Waals surface area (Å²) in [5.74, 6) is 6.67. The number of ether oxygens (including phenoxy) is 2. The van der Waals surface area contributed by atoms with Crippen LogP contribution in [-0.4, -0.2) is 41.4 Å². The molecule has 1 spiro atoms. The molecule has 4 rings (SSSR count).